The van der Waals surface area contributed by atoms with Gasteiger partial charge in [-0.2, -0.15) is 0 Å². The van der Waals surface area contributed by atoms with Crippen LogP contribution in [0.5, 0.6) is 0 Å². The lowest BCUT2D eigenvalue weighted by Crippen LogP contribution is -2.11. The highest BCUT2D eigenvalue weighted by Crippen LogP contribution is 2.50. The van der Waals surface area contributed by atoms with E-state index >= 15 is 0 Å². The van der Waals surface area contributed by atoms with E-state index in [9.17, 15) is 14.9 Å². The van der Waals surface area contributed by atoms with Gasteiger partial charge in [-0.1, -0.05) is 54.6 Å². The minimum atomic E-state index is -0.284. The fraction of sp³-hybridized carbons (Fsp3) is 0.0690. The molecule has 1 aliphatic carbocycles. The van der Waals surface area contributed by atoms with Crippen molar-refractivity contribution in [3.63, 3.8) is 0 Å². The maximum absolute atomic E-state index is 13.4. The lowest BCUT2D eigenvalue weighted by Gasteiger charge is -2.23. The van der Waals surface area contributed by atoms with E-state index in [1.54, 1.807) is 12.1 Å². The molecule has 156 valence electrons. The van der Waals surface area contributed by atoms with Gasteiger partial charge in [0, 0.05) is 28.0 Å². The Morgan fingerprint density at radius 1 is 0.606 bits per heavy atom. The summed E-state index contributed by atoms with van der Waals surface area (Å²) >= 11 is 0. The van der Waals surface area contributed by atoms with Crippen LogP contribution in [-0.4, -0.2) is 10.7 Å². The van der Waals surface area contributed by atoms with E-state index in [2.05, 4.69) is 26.0 Å². The number of aryl methyl sites for hydroxylation is 2. The van der Waals surface area contributed by atoms with Crippen molar-refractivity contribution in [1.82, 2.24) is 0 Å². The molecule has 0 spiro atoms. The van der Waals surface area contributed by atoms with Crippen molar-refractivity contribution in [2.75, 3.05) is 0 Å². The molecule has 0 saturated carbocycles. The first kappa shape index (κ1) is 18.3. The normalized spacial score (nSPS) is 12.8. The highest BCUT2D eigenvalue weighted by molar-refractivity contribution is 6.40. The fourth-order valence-electron chi connectivity index (χ4n) is 5.96. The van der Waals surface area contributed by atoms with Gasteiger partial charge in [-0.3, -0.25) is 14.9 Å². The third-order valence-electron chi connectivity index (χ3n) is 7.30. The van der Waals surface area contributed by atoms with Crippen LogP contribution < -0.4 is 0 Å². The molecule has 0 aromatic heterocycles. The number of rotatable bonds is 1. The molecular formula is C29H17NO3. The number of hydrogen-bond acceptors (Lipinski definition) is 3. The zero-order valence-electron chi connectivity index (χ0n) is 18.0. The summed E-state index contributed by atoms with van der Waals surface area (Å²) in [6.07, 6.45) is 0. The van der Waals surface area contributed by atoms with Crippen LogP contribution in [0.2, 0.25) is 0 Å². The molecule has 0 bridgehead atoms. The van der Waals surface area contributed by atoms with Gasteiger partial charge in [-0.25, -0.2) is 0 Å². The molecule has 0 heterocycles. The minimum Gasteiger partial charge on any atom is -0.289 e. The summed E-state index contributed by atoms with van der Waals surface area (Å²) in [5, 5.41) is 19.7. The number of carbonyl (C=O) groups excluding carboxylic acids is 1. The van der Waals surface area contributed by atoms with Gasteiger partial charge < -0.3 is 0 Å². The Kier molecular flexibility index (Phi) is 3.28. The van der Waals surface area contributed by atoms with Crippen LogP contribution in [0.3, 0.4) is 0 Å². The average Bonchev–Trinajstić information content (AvgIpc) is 2.82. The van der Waals surface area contributed by atoms with E-state index in [-0.39, 0.29) is 16.4 Å². The Morgan fingerprint density at radius 2 is 1.24 bits per heavy atom. The zero-order valence-corrected chi connectivity index (χ0v) is 18.0. The van der Waals surface area contributed by atoms with Gasteiger partial charge in [0.05, 0.1) is 10.3 Å². The van der Waals surface area contributed by atoms with Gasteiger partial charge in [0.2, 0.25) is 0 Å². The summed E-state index contributed by atoms with van der Waals surface area (Å²) in [6, 6.07) is 21.2. The molecule has 0 radical (unpaired) electrons. The van der Waals surface area contributed by atoms with Crippen LogP contribution >= 0.6 is 0 Å². The first-order valence-electron chi connectivity index (χ1n) is 10.9. The van der Waals surface area contributed by atoms with Gasteiger partial charge in [0.25, 0.3) is 5.69 Å². The Labute approximate surface area is 188 Å². The number of nitro benzene ring substituents is 1. The predicted molar refractivity (Wildman–Crippen MR) is 133 cm³/mol. The molecule has 4 heteroatoms. The maximum Gasteiger partial charge on any atom is 0.278 e. The number of fused-ring (bicyclic) bond motifs is 4. The predicted octanol–water partition coefficient (Wildman–Crippen LogP) is 7.47. The monoisotopic (exact) mass is 427 g/mol. The van der Waals surface area contributed by atoms with E-state index in [1.165, 1.54) is 0 Å². The summed E-state index contributed by atoms with van der Waals surface area (Å²) < 4.78 is 0. The highest BCUT2D eigenvalue weighted by atomic mass is 16.6. The van der Waals surface area contributed by atoms with Gasteiger partial charge in [0.1, 0.15) is 0 Å². The molecule has 0 saturated heterocycles. The molecule has 0 atom stereocenters. The molecule has 1 aliphatic rings. The van der Waals surface area contributed by atoms with Crippen molar-refractivity contribution in [3.8, 4) is 11.1 Å². The smallest absolute Gasteiger partial charge is 0.278 e. The molecule has 0 fully saturated rings. The maximum atomic E-state index is 13.4. The number of carbonyl (C=O) groups is 1. The Hall–Kier alpha value is -4.31. The number of hydrogen-bond donors (Lipinski definition) is 0. The van der Waals surface area contributed by atoms with E-state index in [1.807, 2.05) is 42.5 Å². The lowest BCUT2D eigenvalue weighted by molar-refractivity contribution is -0.382. The van der Waals surface area contributed by atoms with Crippen molar-refractivity contribution in [2.45, 2.75) is 13.8 Å². The van der Waals surface area contributed by atoms with Crippen molar-refractivity contribution < 1.29 is 9.72 Å². The van der Waals surface area contributed by atoms with E-state index in [0.717, 1.165) is 60.0 Å². The zero-order chi connectivity index (χ0) is 22.6. The summed E-state index contributed by atoms with van der Waals surface area (Å²) in [4.78, 5) is 25.6. The fourth-order valence-corrected chi connectivity index (χ4v) is 5.96. The average molecular weight is 427 g/mol. The van der Waals surface area contributed by atoms with Crippen molar-refractivity contribution in [3.05, 3.63) is 99.1 Å². The summed E-state index contributed by atoms with van der Waals surface area (Å²) in [5.41, 5.74) is 5.08. The van der Waals surface area contributed by atoms with Gasteiger partial charge in [-0.05, 0) is 69.1 Å². The summed E-state index contributed by atoms with van der Waals surface area (Å²) in [7, 11) is 0. The Bertz CT molecular complexity index is 1870. The second kappa shape index (κ2) is 5.93. The van der Waals surface area contributed by atoms with Crippen molar-refractivity contribution >= 4 is 54.6 Å². The molecule has 7 rings (SSSR count). The Morgan fingerprint density at radius 3 is 1.97 bits per heavy atom. The molecule has 33 heavy (non-hydrogen) atoms. The molecule has 4 nitrogen and oxygen atoms in total. The highest BCUT2D eigenvalue weighted by Gasteiger charge is 2.31. The topological polar surface area (TPSA) is 60.2 Å². The number of nitro groups is 1. The van der Waals surface area contributed by atoms with Crippen LogP contribution in [0.15, 0.2) is 66.7 Å². The quantitative estimate of drug-likeness (QED) is 0.118. The largest absolute Gasteiger partial charge is 0.289 e. The molecule has 0 N–H and O–H groups in total. The standard InChI is InChI=1S/C29H17NO3/c1-14-7-9-17-18-11-12-21-26-22(16-5-3-4-6-19(16)29(21)31)13-23(30(32)33)27(28(18)26)20-10-8-15(2)24(14)25(17)20/h3-13H,1-2H3. The first-order chi connectivity index (χ1) is 16.0. The van der Waals surface area contributed by atoms with Crippen LogP contribution in [0.4, 0.5) is 5.69 Å². The van der Waals surface area contributed by atoms with Crippen LogP contribution in [0, 0.1) is 24.0 Å². The summed E-state index contributed by atoms with van der Waals surface area (Å²) in [5.74, 6) is -0.0341. The number of ketones is 1. The number of benzene rings is 6. The van der Waals surface area contributed by atoms with Gasteiger partial charge in [-0.15, -0.1) is 0 Å². The molecule has 0 amide bonds. The van der Waals surface area contributed by atoms with Gasteiger partial charge in [0.15, 0.2) is 5.78 Å². The second-order valence-electron chi connectivity index (χ2n) is 8.97. The van der Waals surface area contributed by atoms with Crippen LogP contribution in [0.1, 0.15) is 27.0 Å². The second-order valence-corrected chi connectivity index (χ2v) is 8.97. The van der Waals surface area contributed by atoms with E-state index in [4.69, 9.17) is 0 Å². The molecule has 0 unspecified atom stereocenters. The first-order valence-corrected chi connectivity index (χ1v) is 10.9. The molecule has 0 aliphatic heterocycles. The van der Waals surface area contributed by atoms with Crippen molar-refractivity contribution in [1.29, 1.82) is 0 Å². The summed E-state index contributed by atoms with van der Waals surface area (Å²) in [6.45, 7) is 4.16. The van der Waals surface area contributed by atoms with E-state index in [0.29, 0.717) is 16.5 Å². The lowest BCUT2D eigenvalue weighted by atomic mass is 9.78. The third kappa shape index (κ3) is 2.08. The van der Waals surface area contributed by atoms with Crippen LogP contribution in [0.25, 0.3) is 54.2 Å². The SMILES string of the molecule is Cc1ccc2c3ccc4c5c(cc([N+](=O)[O-])c(c6ccc(C)c1c26)c53)-c1ccccc1C4=O. The number of non-ortho nitro benzene ring substituents is 1. The van der Waals surface area contributed by atoms with E-state index < -0.39 is 0 Å². The molecular weight excluding hydrogens is 410 g/mol. The van der Waals surface area contributed by atoms with Gasteiger partial charge >= 0.3 is 0 Å². The molecule has 6 aromatic carbocycles. The number of nitrogens with zero attached hydrogens (tertiary/aromatic N) is 1. The minimum absolute atomic E-state index is 0.0341. The van der Waals surface area contributed by atoms with Crippen molar-refractivity contribution in [2.24, 2.45) is 0 Å². The Balaban J connectivity index is 1.87. The molecule has 6 aromatic rings. The third-order valence-corrected chi connectivity index (χ3v) is 7.30. The van der Waals surface area contributed by atoms with Crippen LogP contribution in [-0.2, 0) is 0 Å².